The van der Waals surface area contributed by atoms with Gasteiger partial charge in [-0.15, -0.1) is 0 Å². The summed E-state index contributed by atoms with van der Waals surface area (Å²) in [5, 5.41) is 7.55. The van der Waals surface area contributed by atoms with Crippen LogP contribution in [0.3, 0.4) is 0 Å². The van der Waals surface area contributed by atoms with Crippen LogP contribution in [0.1, 0.15) is 17.1 Å². The van der Waals surface area contributed by atoms with Crippen LogP contribution in [0.25, 0.3) is 11.5 Å². The molecule has 0 N–H and O–H groups in total. The molecule has 3 aromatic rings. The summed E-state index contributed by atoms with van der Waals surface area (Å²) in [7, 11) is -2.27. The third-order valence-electron chi connectivity index (χ3n) is 3.34. The van der Waals surface area contributed by atoms with Crippen molar-refractivity contribution in [2.45, 2.75) is 25.3 Å². The van der Waals surface area contributed by atoms with Gasteiger partial charge in [0.2, 0.25) is 15.8 Å². The summed E-state index contributed by atoms with van der Waals surface area (Å²) < 4.78 is 41.7. The molecule has 122 valence electrons. The molecule has 8 nitrogen and oxygen atoms in total. The van der Waals surface area contributed by atoms with Crippen molar-refractivity contribution in [3.05, 3.63) is 41.6 Å². The molecule has 23 heavy (non-hydrogen) atoms. The van der Waals surface area contributed by atoms with E-state index in [0.29, 0.717) is 22.9 Å². The molecule has 0 spiro atoms. The molecule has 3 rings (SSSR count). The third-order valence-corrected chi connectivity index (χ3v) is 5.39. The standard InChI is InChI=1S/C14H15N3O5S/c1-9-14(10(2)21-15-9)23(18,19)17(3)8-11-7-13(22-16-11)12-5-4-6-20-12/h4-7H,8H2,1-3H3. The second-order valence-electron chi connectivity index (χ2n) is 5.07. The second kappa shape index (κ2) is 5.67. The highest BCUT2D eigenvalue weighted by molar-refractivity contribution is 7.89. The molecule has 0 fully saturated rings. The van der Waals surface area contributed by atoms with E-state index in [4.69, 9.17) is 13.5 Å². The highest BCUT2D eigenvalue weighted by atomic mass is 32.2. The molecule has 0 aliphatic carbocycles. The lowest BCUT2D eigenvalue weighted by atomic mass is 10.3. The van der Waals surface area contributed by atoms with Gasteiger partial charge in [0.1, 0.15) is 10.6 Å². The van der Waals surface area contributed by atoms with Crippen LogP contribution < -0.4 is 0 Å². The van der Waals surface area contributed by atoms with E-state index in [0.717, 1.165) is 0 Å². The van der Waals surface area contributed by atoms with Gasteiger partial charge in [0.15, 0.2) is 11.5 Å². The smallest absolute Gasteiger partial charge is 0.248 e. The largest absolute Gasteiger partial charge is 0.461 e. The minimum atomic E-state index is -3.73. The molecule has 0 bridgehead atoms. The minimum absolute atomic E-state index is 0.0522. The van der Waals surface area contributed by atoms with Crippen LogP contribution >= 0.6 is 0 Å². The third kappa shape index (κ3) is 2.80. The summed E-state index contributed by atoms with van der Waals surface area (Å²) in [4.78, 5) is 0.0785. The van der Waals surface area contributed by atoms with Crippen molar-refractivity contribution in [2.75, 3.05) is 7.05 Å². The molecule has 0 aromatic carbocycles. The lowest BCUT2D eigenvalue weighted by Crippen LogP contribution is -2.27. The van der Waals surface area contributed by atoms with Gasteiger partial charge in [-0.2, -0.15) is 4.31 Å². The average molecular weight is 337 g/mol. The number of sulfonamides is 1. The number of rotatable bonds is 5. The van der Waals surface area contributed by atoms with Crippen molar-refractivity contribution in [3.63, 3.8) is 0 Å². The average Bonchev–Trinajstić information content (AvgIpc) is 3.20. The first kappa shape index (κ1) is 15.5. The fraction of sp³-hybridized carbons (Fsp3) is 0.286. The highest BCUT2D eigenvalue weighted by Crippen LogP contribution is 2.25. The van der Waals surface area contributed by atoms with Gasteiger partial charge in [-0.1, -0.05) is 10.3 Å². The number of nitrogens with zero attached hydrogens (tertiary/aromatic N) is 3. The van der Waals surface area contributed by atoms with Crippen LogP contribution in [0.15, 0.2) is 42.8 Å². The first-order valence-corrected chi connectivity index (χ1v) is 8.22. The number of aryl methyl sites for hydroxylation is 2. The zero-order valence-electron chi connectivity index (χ0n) is 12.8. The lowest BCUT2D eigenvalue weighted by Gasteiger charge is -2.15. The van der Waals surface area contributed by atoms with Crippen molar-refractivity contribution in [2.24, 2.45) is 0 Å². The van der Waals surface area contributed by atoms with Crippen molar-refractivity contribution in [1.82, 2.24) is 14.6 Å². The van der Waals surface area contributed by atoms with Crippen LogP contribution in [-0.4, -0.2) is 30.1 Å². The fourth-order valence-electron chi connectivity index (χ4n) is 2.23. The van der Waals surface area contributed by atoms with Crippen LogP contribution in [0.2, 0.25) is 0 Å². The number of aromatic nitrogens is 2. The predicted octanol–water partition coefficient (Wildman–Crippen LogP) is 2.36. The molecule has 3 heterocycles. The molecule has 0 aliphatic heterocycles. The monoisotopic (exact) mass is 337 g/mol. The fourth-order valence-corrected chi connectivity index (χ4v) is 3.66. The Labute approximate surface area is 132 Å². The Bertz CT molecular complexity index is 889. The maximum Gasteiger partial charge on any atom is 0.248 e. The highest BCUT2D eigenvalue weighted by Gasteiger charge is 2.29. The summed E-state index contributed by atoms with van der Waals surface area (Å²) in [5.41, 5.74) is 0.792. The van der Waals surface area contributed by atoms with E-state index in [2.05, 4.69) is 10.3 Å². The van der Waals surface area contributed by atoms with E-state index in [1.54, 1.807) is 32.0 Å². The van der Waals surface area contributed by atoms with E-state index in [-0.39, 0.29) is 17.2 Å². The SMILES string of the molecule is Cc1noc(C)c1S(=O)(=O)N(C)Cc1cc(-c2ccco2)on1. The van der Waals surface area contributed by atoms with E-state index >= 15 is 0 Å². The summed E-state index contributed by atoms with van der Waals surface area (Å²) >= 11 is 0. The summed E-state index contributed by atoms with van der Waals surface area (Å²) in [5.74, 6) is 1.22. The Hall–Kier alpha value is -2.39. The molecule has 0 saturated heterocycles. The molecular weight excluding hydrogens is 322 g/mol. The lowest BCUT2D eigenvalue weighted by molar-refractivity contribution is 0.387. The van der Waals surface area contributed by atoms with Gasteiger partial charge in [-0.25, -0.2) is 8.42 Å². The van der Waals surface area contributed by atoms with E-state index in [1.165, 1.54) is 17.6 Å². The minimum Gasteiger partial charge on any atom is -0.461 e. The van der Waals surface area contributed by atoms with Gasteiger partial charge in [0, 0.05) is 13.1 Å². The number of furan rings is 1. The maximum absolute atomic E-state index is 12.6. The molecule has 9 heteroatoms. The summed E-state index contributed by atoms with van der Waals surface area (Å²) in [6, 6.07) is 5.10. The van der Waals surface area contributed by atoms with Crippen LogP contribution in [0.5, 0.6) is 0 Å². The molecule has 0 radical (unpaired) electrons. The molecule has 0 amide bonds. The van der Waals surface area contributed by atoms with Gasteiger partial charge in [0.25, 0.3) is 0 Å². The molecule has 0 unspecified atom stereocenters. The van der Waals surface area contributed by atoms with Gasteiger partial charge < -0.3 is 13.5 Å². The summed E-state index contributed by atoms with van der Waals surface area (Å²) in [6.45, 7) is 3.20. The van der Waals surface area contributed by atoms with Gasteiger partial charge in [-0.3, -0.25) is 0 Å². The van der Waals surface area contributed by atoms with Crippen molar-refractivity contribution >= 4 is 10.0 Å². The normalized spacial score (nSPS) is 12.2. The van der Waals surface area contributed by atoms with Crippen LogP contribution in [0, 0.1) is 13.8 Å². The van der Waals surface area contributed by atoms with E-state index in [9.17, 15) is 8.42 Å². The quantitative estimate of drug-likeness (QED) is 0.704. The maximum atomic E-state index is 12.6. The Morgan fingerprint density at radius 3 is 2.57 bits per heavy atom. The zero-order valence-corrected chi connectivity index (χ0v) is 13.6. The van der Waals surface area contributed by atoms with E-state index in [1.807, 2.05) is 0 Å². The Kier molecular flexibility index (Phi) is 3.82. The van der Waals surface area contributed by atoms with Crippen molar-refractivity contribution in [3.8, 4) is 11.5 Å². The Balaban J connectivity index is 1.83. The van der Waals surface area contributed by atoms with Gasteiger partial charge >= 0.3 is 0 Å². The molecule has 3 aromatic heterocycles. The van der Waals surface area contributed by atoms with E-state index < -0.39 is 10.0 Å². The number of hydrogen-bond donors (Lipinski definition) is 0. The number of hydrogen-bond acceptors (Lipinski definition) is 7. The predicted molar refractivity (Wildman–Crippen MR) is 78.8 cm³/mol. The molecular formula is C14H15N3O5S. The van der Waals surface area contributed by atoms with Gasteiger partial charge in [-0.05, 0) is 26.0 Å². The second-order valence-corrected chi connectivity index (χ2v) is 7.06. The molecule has 0 atom stereocenters. The van der Waals surface area contributed by atoms with Crippen LogP contribution in [-0.2, 0) is 16.6 Å². The Morgan fingerprint density at radius 1 is 1.17 bits per heavy atom. The summed E-state index contributed by atoms with van der Waals surface area (Å²) in [6.07, 6.45) is 1.52. The Morgan fingerprint density at radius 2 is 1.96 bits per heavy atom. The molecule has 0 saturated carbocycles. The first-order chi connectivity index (χ1) is 10.9. The first-order valence-electron chi connectivity index (χ1n) is 6.78. The zero-order chi connectivity index (χ0) is 16.6. The van der Waals surface area contributed by atoms with Crippen molar-refractivity contribution < 1.29 is 21.9 Å². The topological polar surface area (TPSA) is 103 Å². The van der Waals surface area contributed by atoms with Crippen LogP contribution in [0.4, 0.5) is 0 Å². The van der Waals surface area contributed by atoms with Gasteiger partial charge in [0.05, 0.1) is 18.5 Å². The van der Waals surface area contributed by atoms with Crippen molar-refractivity contribution in [1.29, 1.82) is 0 Å². The molecule has 0 aliphatic rings.